The lowest BCUT2D eigenvalue weighted by atomic mass is 10.0. The molecular formula is C20H26N4O3. The Labute approximate surface area is 158 Å². The van der Waals surface area contributed by atoms with Crippen LogP contribution in [0.5, 0.6) is 0 Å². The van der Waals surface area contributed by atoms with E-state index >= 15 is 0 Å². The Kier molecular flexibility index (Phi) is 5.88. The van der Waals surface area contributed by atoms with Gasteiger partial charge in [-0.25, -0.2) is 4.98 Å². The van der Waals surface area contributed by atoms with Crippen LogP contribution in [-0.2, 0) is 16.1 Å². The Morgan fingerprint density at radius 3 is 2.70 bits per heavy atom. The normalized spacial score (nSPS) is 15.1. The van der Waals surface area contributed by atoms with Crippen LogP contribution >= 0.6 is 0 Å². The van der Waals surface area contributed by atoms with E-state index < -0.39 is 0 Å². The predicted molar refractivity (Wildman–Crippen MR) is 103 cm³/mol. The number of rotatable bonds is 5. The smallest absolute Gasteiger partial charge is 0.261 e. The lowest BCUT2D eigenvalue weighted by Crippen LogP contribution is -2.46. The number of likely N-dealkylation sites (tertiary alicyclic amines) is 1. The highest BCUT2D eigenvalue weighted by atomic mass is 16.2. The van der Waals surface area contributed by atoms with Crippen molar-refractivity contribution in [1.29, 1.82) is 0 Å². The van der Waals surface area contributed by atoms with Crippen molar-refractivity contribution in [2.75, 3.05) is 13.1 Å². The summed E-state index contributed by atoms with van der Waals surface area (Å²) >= 11 is 0. The molecule has 1 saturated heterocycles. The number of hydrogen-bond donors (Lipinski definition) is 1. The average molecular weight is 370 g/mol. The van der Waals surface area contributed by atoms with Crippen molar-refractivity contribution in [3.05, 3.63) is 40.4 Å². The summed E-state index contributed by atoms with van der Waals surface area (Å²) in [7, 11) is 0. The van der Waals surface area contributed by atoms with Gasteiger partial charge >= 0.3 is 0 Å². The van der Waals surface area contributed by atoms with E-state index in [9.17, 15) is 14.4 Å². The molecule has 144 valence electrons. The third kappa shape index (κ3) is 4.53. The molecule has 0 saturated carbocycles. The van der Waals surface area contributed by atoms with Gasteiger partial charge in [0, 0.05) is 39.0 Å². The molecule has 2 aromatic rings. The van der Waals surface area contributed by atoms with Gasteiger partial charge in [0.15, 0.2) is 0 Å². The van der Waals surface area contributed by atoms with Crippen molar-refractivity contribution in [3.8, 4) is 0 Å². The summed E-state index contributed by atoms with van der Waals surface area (Å²) in [4.78, 5) is 42.2. The molecule has 0 aliphatic carbocycles. The van der Waals surface area contributed by atoms with Gasteiger partial charge < -0.3 is 10.2 Å². The van der Waals surface area contributed by atoms with E-state index in [4.69, 9.17) is 0 Å². The van der Waals surface area contributed by atoms with Crippen molar-refractivity contribution in [2.45, 2.75) is 52.1 Å². The zero-order valence-electron chi connectivity index (χ0n) is 15.9. The molecule has 1 aliphatic rings. The largest absolute Gasteiger partial charge is 0.353 e. The molecular weight excluding hydrogens is 344 g/mol. The maximum atomic E-state index is 12.5. The first-order valence-electron chi connectivity index (χ1n) is 9.45. The first-order valence-corrected chi connectivity index (χ1v) is 9.45. The van der Waals surface area contributed by atoms with Gasteiger partial charge in [0.2, 0.25) is 11.8 Å². The highest BCUT2D eigenvalue weighted by Gasteiger charge is 2.21. The van der Waals surface area contributed by atoms with Gasteiger partial charge in [-0.05, 0) is 37.8 Å². The minimum Gasteiger partial charge on any atom is -0.353 e. The van der Waals surface area contributed by atoms with Crippen LogP contribution in [0.4, 0.5) is 0 Å². The molecule has 7 nitrogen and oxygen atoms in total. The van der Waals surface area contributed by atoms with Gasteiger partial charge in [-0.2, -0.15) is 0 Å². The third-order valence-electron chi connectivity index (χ3n) is 5.16. The Morgan fingerprint density at radius 2 is 2.00 bits per heavy atom. The topological polar surface area (TPSA) is 84.3 Å². The number of benzene rings is 1. The Balaban J connectivity index is 1.49. The number of nitrogens with zero attached hydrogens (tertiary/aromatic N) is 3. The van der Waals surface area contributed by atoms with Gasteiger partial charge in [0.25, 0.3) is 5.56 Å². The molecule has 1 fully saturated rings. The summed E-state index contributed by atoms with van der Waals surface area (Å²) in [6.45, 7) is 5.36. The zero-order chi connectivity index (χ0) is 19.4. The Bertz CT molecular complexity index is 898. The van der Waals surface area contributed by atoms with Crippen LogP contribution in [0.25, 0.3) is 10.9 Å². The van der Waals surface area contributed by atoms with E-state index in [1.165, 1.54) is 0 Å². The third-order valence-corrected chi connectivity index (χ3v) is 5.16. The number of nitrogens with one attached hydrogen (secondary N) is 1. The maximum Gasteiger partial charge on any atom is 0.261 e. The number of aryl methyl sites for hydroxylation is 2. The van der Waals surface area contributed by atoms with Crippen molar-refractivity contribution in [3.63, 3.8) is 0 Å². The predicted octanol–water partition coefficient (Wildman–Crippen LogP) is 1.61. The summed E-state index contributed by atoms with van der Waals surface area (Å²) in [6.07, 6.45) is 4.09. The van der Waals surface area contributed by atoms with E-state index in [1.54, 1.807) is 23.9 Å². The molecule has 0 bridgehead atoms. The number of aromatic nitrogens is 2. The molecule has 0 radical (unpaired) electrons. The fraction of sp³-hybridized carbons (Fsp3) is 0.500. The fourth-order valence-electron chi connectivity index (χ4n) is 3.55. The van der Waals surface area contributed by atoms with Crippen LogP contribution in [0.2, 0.25) is 0 Å². The summed E-state index contributed by atoms with van der Waals surface area (Å²) in [5.74, 6) is 0.0818. The van der Waals surface area contributed by atoms with Crippen LogP contribution in [0, 0.1) is 6.92 Å². The first kappa shape index (κ1) is 19.1. The zero-order valence-corrected chi connectivity index (χ0v) is 15.9. The molecule has 7 heteroatoms. The molecule has 0 spiro atoms. The number of fused-ring (bicyclic) bond motifs is 1. The first-order chi connectivity index (χ1) is 13.0. The number of para-hydroxylation sites is 1. The number of amides is 2. The fourth-order valence-corrected chi connectivity index (χ4v) is 3.55. The second kappa shape index (κ2) is 8.33. The van der Waals surface area contributed by atoms with E-state index in [1.807, 2.05) is 24.0 Å². The second-order valence-corrected chi connectivity index (χ2v) is 7.17. The maximum absolute atomic E-state index is 12.5. The summed E-state index contributed by atoms with van der Waals surface area (Å²) in [5.41, 5.74) is 1.64. The molecule has 2 heterocycles. The van der Waals surface area contributed by atoms with Crippen LogP contribution in [0.15, 0.2) is 29.3 Å². The van der Waals surface area contributed by atoms with Gasteiger partial charge in [0.05, 0.1) is 17.2 Å². The highest BCUT2D eigenvalue weighted by molar-refractivity contribution is 5.80. The summed E-state index contributed by atoms with van der Waals surface area (Å²) in [5, 5.41) is 3.65. The van der Waals surface area contributed by atoms with E-state index in [2.05, 4.69) is 10.3 Å². The molecule has 1 aliphatic heterocycles. The number of carbonyl (C=O) groups excluding carboxylic acids is 2. The second-order valence-electron chi connectivity index (χ2n) is 7.17. The van der Waals surface area contributed by atoms with Gasteiger partial charge in [-0.15, -0.1) is 0 Å². The van der Waals surface area contributed by atoms with Gasteiger partial charge in [-0.3, -0.25) is 19.0 Å². The van der Waals surface area contributed by atoms with Crippen LogP contribution in [0.1, 0.15) is 38.2 Å². The van der Waals surface area contributed by atoms with Crippen molar-refractivity contribution >= 4 is 22.7 Å². The summed E-state index contributed by atoms with van der Waals surface area (Å²) < 4.78 is 1.57. The molecule has 3 rings (SSSR count). The summed E-state index contributed by atoms with van der Waals surface area (Å²) in [6, 6.07) is 5.70. The lowest BCUT2D eigenvalue weighted by molar-refractivity contribution is -0.130. The molecule has 27 heavy (non-hydrogen) atoms. The van der Waals surface area contributed by atoms with Crippen LogP contribution < -0.4 is 10.9 Å². The number of hydrogen-bond acceptors (Lipinski definition) is 4. The Morgan fingerprint density at radius 1 is 1.26 bits per heavy atom. The minimum absolute atomic E-state index is 0.00563. The molecule has 1 aromatic heterocycles. The van der Waals surface area contributed by atoms with Crippen molar-refractivity contribution < 1.29 is 9.59 Å². The molecule has 1 N–H and O–H groups in total. The lowest BCUT2D eigenvalue weighted by Gasteiger charge is -2.31. The number of piperidine rings is 1. The SMILES string of the molecule is CC(=O)N1CCC(NC(=O)CCCn2cnc3c(C)cccc3c2=O)CC1. The Hall–Kier alpha value is -2.70. The van der Waals surface area contributed by atoms with Gasteiger partial charge in [-0.1, -0.05) is 12.1 Å². The van der Waals surface area contributed by atoms with Crippen LogP contribution in [-0.4, -0.2) is 45.4 Å². The number of carbonyl (C=O) groups is 2. The highest BCUT2D eigenvalue weighted by Crippen LogP contribution is 2.12. The monoisotopic (exact) mass is 370 g/mol. The molecule has 0 unspecified atom stereocenters. The van der Waals surface area contributed by atoms with Crippen molar-refractivity contribution in [1.82, 2.24) is 19.8 Å². The molecule has 2 amide bonds. The van der Waals surface area contributed by atoms with E-state index in [0.29, 0.717) is 37.9 Å². The standard InChI is InChI=1S/C20H26N4O3/c1-14-5-3-6-17-19(14)21-13-24(20(17)27)10-4-7-18(26)22-16-8-11-23(12-9-16)15(2)25/h3,5-6,13,16H,4,7-12H2,1-2H3,(H,22,26). The van der Waals surface area contributed by atoms with E-state index in [-0.39, 0.29) is 23.4 Å². The van der Waals surface area contributed by atoms with Crippen LogP contribution in [0.3, 0.4) is 0 Å². The van der Waals surface area contributed by atoms with Gasteiger partial charge in [0.1, 0.15) is 0 Å². The quantitative estimate of drug-likeness (QED) is 0.867. The van der Waals surface area contributed by atoms with Crippen molar-refractivity contribution in [2.24, 2.45) is 0 Å². The average Bonchev–Trinajstić information content (AvgIpc) is 2.64. The van der Waals surface area contributed by atoms with E-state index in [0.717, 1.165) is 23.9 Å². The molecule has 1 aromatic carbocycles. The minimum atomic E-state index is -0.0688. The molecule has 0 atom stereocenters.